The minimum Gasteiger partial charge on any atom is -0.488 e. The molecule has 1 atom stereocenters. The Morgan fingerprint density at radius 2 is 1.49 bits per heavy atom. The predicted octanol–water partition coefficient (Wildman–Crippen LogP) is 11.2. The van der Waals surface area contributed by atoms with Crippen LogP contribution in [0.25, 0.3) is 0 Å². The minimum atomic E-state index is -4.63. The number of pyridine rings is 1. The second kappa shape index (κ2) is 20.3. The van der Waals surface area contributed by atoms with Gasteiger partial charge in [0, 0.05) is 25.4 Å². The number of hydrogen-bond acceptors (Lipinski definition) is 4. The molecule has 43 heavy (non-hydrogen) atoms. The molecular formula is C36H64F3NO3. The number of hydrogen-bond donors (Lipinski definition) is 0. The molecule has 1 aromatic rings. The maximum absolute atomic E-state index is 13.7. The molecule has 0 spiro atoms. The van der Waals surface area contributed by atoms with E-state index in [4.69, 9.17) is 14.2 Å². The van der Waals surface area contributed by atoms with Crippen molar-refractivity contribution in [3.63, 3.8) is 0 Å². The molecule has 1 saturated carbocycles. The van der Waals surface area contributed by atoms with Gasteiger partial charge in [-0.15, -0.1) is 0 Å². The van der Waals surface area contributed by atoms with Crippen molar-refractivity contribution in [3.8, 4) is 17.6 Å². The maximum atomic E-state index is 13.7. The van der Waals surface area contributed by atoms with Gasteiger partial charge < -0.3 is 14.2 Å². The van der Waals surface area contributed by atoms with E-state index >= 15 is 0 Å². The Morgan fingerprint density at radius 3 is 1.95 bits per heavy atom. The zero-order valence-corrected chi connectivity index (χ0v) is 30.1. The van der Waals surface area contributed by atoms with Crippen molar-refractivity contribution >= 4 is 0 Å². The molecule has 2 rings (SSSR count). The lowest BCUT2D eigenvalue weighted by Crippen LogP contribution is -2.39. The second-order valence-electron chi connectivity index (χ2n) is 12.6. The SMILES string of the molecule is CC.CC.CC.CCC(C)(CCC(C)C)OCC(C)(C)CC(C)(C)C#Cc1ccc(OC2CC(OC)C2)c(C(F)(F)F)n1. The molecule has 0 aliphatic heterocycles. The van der Waals surface area contributed by atoms with Gasteiger partial charge in [0.2, 0.25) is 0 Å². The molecule has 0 radical (unpaired) electrons. The molecule has 1 aliphatic rings. The van der Waals surface area contributed by atoms with Crippen LogP contribution < -0.4 is 4.74 Å². The molecule has 1 aliphatic carbocycles. The highest BCUT2D eigenvalue weighted by Gasteiger charge is 2.39. The third-order valence-electron chi connectivity index (χ3n) is 7.06. The number of aromatic nitrogens is 1. The molecule has 1 fully saturated rings. The summed E-state index contributed by atoms with van der Waals surface area (Å²) in [6, 6.07) is 2.82. The molecule has 1 heterocycles. The summed E-state index contributed by atoms with van der Waals surface area (Å²) in [5, 5.41) is 0. The Morgan fingerprint density at radius 1 is 0.930 bits per heavy atom. The van der Waals surface area contributed by atoms with E-state index in [1.54, 1.807) is 7.11 Å². The van der Waals surface area contributed by atoms with E-state index in [-0.39, 0.29) is 34.7 Å². The summed E-state index contributed by atoms with van der Waals surface area (Å²) in [4.78, 5) is 3.83. The van der Waals surface area contributed by atoms with Crippen molar-refractivity contribution < 1.29 is 27.4 Å². The highest BCUT2D eigenvalue weighted by molar-refractivity contribution is 5.38. The van der Waals surface area contributed by atoms with Gasteiger partial charge in [0.05, 0.1) is 18.3 Å². The number of ether oxygens (including phenoxy) is 3. The molecular weight excluding hydrogens is 551 g/mol. The summed E-state index contributed by atoms with van der Waals surface area (Å²) in [6.07, 6.45) is 0.0442. The van der Waals surface area contributed by atoms with Crippen molar-refractivity contribution in [1.29, 1.82) is 0 Å². The van der Waals surface area contributed by atoms with E-state index in [0.29, 0.717) is 25.4 Å². The summed E-state index contributed by atoms with van der Waals surface area (Å²) >= 11 is 0. The van der Waals surface area contributed by atoms with Gasteiger partial charge in [-0.1, -0.05) is 82.1 Å². The van der Waals surface area contributed by atoms with Crippen molar-refractivity contribution in [2.45, 2.75) is 159 Å². The first-order valence-corrected chi connectivity index (χ1v) is 16.4. The Hall–Kier alpha value is -1.78. The lowest BCUT2D eigenvalue weighted by Gasteiger charge is -2.37. The molecule has 4 nitrogen and oxygen atoms in total. The van der Waals surface area contributed by atoms with Crippen LogP contribution in [-0.2, 0) is 15.7 Å². The smallest absolute Gasteiger partial charge is 0.437 e. The summed E-state index contributed by atoms with van der Waals surface area (Å²) in [7, 11) is 1.59. The third kappa shape index (κ3) is 16.8. The van der Waals surface area contributed by atoms with Gasteiger partial charge in [0.1, 0.15) is 11.8 Å². The van der Waals surface area contributed by atoms with Gasteiger partial charge in [-0.25, -0.2) is 4.98 Å². The monoisotopic (exact) mass is 615 g/mol. The van der Waals surface area contributed by atoms with Crippen LogP contribution in [0.2, 0.25) is 0 Å². The maximum Gasteiger partial charge on any atom is 0.437 e. The molecule has 0 bridgehead atoms. The lowest BCUT2D eigenvalue weighted by atomic mass is 9.75. The molecule has 252 valence electrons. The molecule has 0 aromatic carbocycles. The van der Waals surface area contributed by atoms with Crippen LogP contribution in [0.1, 0.15) is 147 Å². The van der Waals surface area contributed by atoms with E-state index in [9.17, 15) is 13.2 Å². The number of rotatable bonds is 12. The summed E-state index contributed by atoms with van der Waals surface area (Å²) in [6.45, 7) is 29.7. The van der Waals surface area contributed by atoms with E-state index < -0.39 is 17.3 Å². The standard InChI is InChI=1S/C30H46F3NO3.3C2H6/c1-10-29(8,16-13-21(2)3)36-20-28(6,7)19-27(4,5)15-14-22-11-12-25(26(34-22)30(31,32)33)37-24-17-23(18-24)35-9;3*1-2/h11-12,21,23-24H,10,13,16-20H2,1-9H3;3*1-2H3. The number of nitrogens with zero attached hydrogens (tertiary/aromatic N) is 1. The van der Waals surface area contributed by atoms with Crippen LogP contribution >= 0.6 is 0 Å². The largest absolute Gasteiger partial charge is 0.488 e. The summed E-state index contributed by atoms with van der Waals surface area (Å²) in [5.41, 5.74) is -1.71. The van der Waals surface area contributed by atoms with Crippen LogP contribution in [0.4, 0.5) is 13.2 Å². The number of alkyl halides is 3. The van der Waals surface area contributed by atoms with Crippen molar-refractivity contribution in [3.05, 3.63) is 23.5 Å². The fourth-order valence-electron chi connectivity index (χ4n) is 4.64. The Labute approximate surface area is 263 Å². The van der Waals surface area contributed by atoms with Gasteiger partial charge in [-0.3, -0.25) is 0 Å². The summed E-state index contributed by atoms with van der Waals surface area (Å²) in [5.74, 6) is 6.42. The fourth-order valence-corrected chi connectivity index (χ4v) is 4.64. The van der Waals surface area contributed by atoms with Crippen LogP contribution in [0.15, 0.2) is 12.1 Å². The van der Waals surface area contributed by atoms with Crippen LogP contribution in [0, 0.1) is 28.6 Å². The topological polar surface area (TPSA) is 40.6 Å². The normalized spacial score (nSPS) is 17.7. The van der Waals surface area contributed by atoms with Gasteiger partial charge in [-0.05, 0) is 75.8 Å². The Kier molecular flexibility index (Phi) is 20.5. The van der Waals surface area contributed by atoms with Gasteiger partial charge in [-0.2, -0.15) is 13.2 Å². The fraction of sp³-hybridized carbons (Fsp3) is 0.806. The molecule has 7 heteroatoms. The zero-order valence-electron chi connectivity index (χ0n) is 30.1. The highest BCUT2D eigenvalue weighted by atomic mass is 19.4. The first-order chi connectivity index (χ1) is 20.0. The first-order valence-electron chi connectivity index (χ1n) is 16.4. The van der Waals surface area contributed by atoms with E-state index in [0.717, 1.165) is 25.7 Å². The Bertz CT molecular complexity index is 941. The van der Waals surface area contributed by atoms with Crippen LogP contribution in [0.3, 0.4) is 0 Å². The second-order valence-corrected chi connectivity index (χ2v) is 12.6. The summed E-state index contributed by atoms with van der Waals surface area (Å²) < 4.78 is 58.3. The van der Waals surface area contributed by atoms with Gasteiger partial charge in [0.25, 0.3) is 0 Å². The van der Waals surface area contributed by atoms with Crippen molar-refractivity contribution in [2.24, 2.45) is 16.7 Å². The lowest BCUT2D eigenvalue weighted by molar-refractivity contribution is -0.144. The zero-order chi connectivity index (χ0) is 34.1. The molecule has 0 amide bonds. The van der Waals surface area contributed by atoms with E-state index in [1.807, 2.05) is 55.4 Å². The van der Waals surface area contributed by atoms with E-state index in [2.05, 4.69) is 58.4 Å². The quantitative estimate of drug-likeness (QED) is 0.219. The molecule has 1 unspecified atom stereocenters. The number of methoxy groups -OCH3 is 1. The minimum absolute atomic E-state index is 0.0325. The average Bonchev–Trinajstić information content (AvgIpc) is 2.94. The van der Waals surface area contributed by atoms with Gasteiger partial charge in [0.15, 0.2) is 11.4 Å². The average molecular weight is 616 g/mol. The van der Waals surface area contributed by atoms with Crippen molar-refractivity contribution in [2.75, 3.05) is 13.7 Å². The highest BCUT2D eigenvalue weighted by Crippen LogP contribution is 2.38. The first kappa shape index (κ1) is 43.3. The molecule has 0 saturated heterocycles. The third-order valence-corrected chi connectivity index (χ3v) is 7.06. The van der Waals surface area contributed by atoms with Gasteiger partial charge >= 0.3 is 6.18 Å². The van der Waals surface area contributed by atoms with E-state index in [1.165, 1.54) is 12.1 Å². The molecule has 1 aromatic heterocycles. The van der Waals surface area contributed by atoms with Crippen LogP contribution in [0.5, 0.6) is 5.75 Å². The van der Waals surface area contributed by atoms with Crippen molar-refractivity contribution in [1.82, 2.24) is 4.98 Å². The number of halogens is 3. The Balaban J connectivity index is 0. The molecule has 0 N–H and O–H groups in total. The van der Waals surface area contributed by atoms with Crippen LogP contribution in [-0.4, -0.2) is 36.5 Å². The predicted molar refractivity (Wildman–Crippen MR) is 176 cm³/mol.